The summed E-state index contributed by atoms with van der Waals surface area (Å²) in [7, 11) is 0. The van der Waals surface area contributed by atoms with E-state index in [0.29, 0.717) is 24.4 Å². The number of benzene rings is 2. The molecule has 1 unspecified atom stereocenters. The van der Waals surface area contributed by atoms with Crippen LogP contribution in [0.1, 0.15) is 36.2 Å². The van der Waals surface area contributed by atoms with Crippen molar-refractivity contribution >= 4 is 35.1 Å². The molecular weight excluding hydrogens is 428 g/mol. The molecule has 168 valence electrons. The van der Waals surface area contributed by atoms with E-state index in [1.807, 2.05) is 44.2 Å². The summed E-state index contributed by atoms with van der Waals surface area (Å²) in [6, 6.07) is 16.4. The number of carbonyl (C=O) groups excluding carboxylic acids is 3. The molecule has 32 heavy (non-hydrogen) atoms. The van der Waals surface area contributed by atoms with Crippen LogP contribution in [0.5, 0.6) is 5.75 Å². The fourth-order valence-corrected chi connectivity index (χ4v) is 3.48. The lowest BCUT2D eigenvalue weighted by molar-refractivity contribution is -0.129. The molecule has 0 aliphatic carbocycles. The highest BCUT2D eigenvalue weighted by molar-refractivity contribution is 7.80. The van der Waals surface area contributed by atoms with E-state index >= 15 is 0 Å². The van der Waals surface area contributed by atoms with Crippen molar-refractivity contribution in [2.75, 3.05) is 6.54 Å². The molecule has 0 aromatic heterocycles. The summed E-state index contributed by atoms with van der Waals surface area (Å²) in [5.41, 5.74) is 6.34. The van der Waals surface area contributed by atoms with Crippen molar-refractivity contribution in [2.24, 2.45) is 5.92 Å². The number of amides is 3. The average Bonchev–Trinajstić information content (AvgIpc) is 3.13. The molecule has 2 aromatic rings. The molecule has 3 N–H and O–H groups in total. The van der Waals surface area contributed by atoms with E-state index in [1.165, 1.54) is 0 Å². The van der Waals surface area contributed by atoms with Crippen LogP contribution in [-0.4, -0.2) is 40.4 Å². The lowest BCUT2D eigenvalue weighted by Gasteiger charge is -2.17. The smallest absolute Gasteiger partial charge is 0.261 e. The first-order chi connectivity index (χ1) is 15.3. The van der Waals surface area contributed by atoms with Crippen molar-refractivity contribution in [3.63, 3.8) is 0 Å². The summed E-state index contributed by atoms with van der Waals surface area (Å²) >= 11 is 5.11. The Morgan fingerprint density at radius 1 is 1.09 bits per heavy atom. The molecule has 3 amide bonds. The highest BCUT2D eigenvalue weighted by Crippen LogP contribution is 2.21. The van der Waals surface area contributed by atoms with Gasteiger partial charge >= 0.3 is 0 Å². The van der Waals surface area contributed by atoms with Crippen molar-refractivity contribution in [2.45, 2.75) is 32.9 Å². The van der Waals surface area contributed by atoms with Crippen molar-refractivity contribution < 1.29 is 19.1 Å². The Morgan fingerprint density at radius 2 is 1.78 bits per heavy atom. The van der Waals surface area contributed by atoms with Gasteiger partial charge in [0.05, 0.1) is 17.6 Å². The number of para-hydroxylation sites is 1. The fraction of sp³-hybridized carbons (Fsp3) is 0.304. The van der Waals surface area contributed by atoms with Crippen LogP contribution in [0.25, 0.3) is 0 Å². The largest absolute Gasteiger partial charge is 0.490 e. The Bertz CT molecular complexity index is 997. The number of hydrogen-bond donors (Lipinski definition) is 3. The highest BCUT2D eigenvalue weighted by atomic mass is 32.1. The number of rotatable bonds is 6. The standard InChI is InChI=1S/C23H26N4O4S/c1-15(2)31-19-11-7-6-10-18(19)22(30)24-23(32)26-25-21(29)17-12-20(28)27(14-17)13-16-8-4-3-5-9-16/h3-11,15,17H,12-14H2,1-2H3,(H,25,29)(H2,24,26,30,32). The van der Waals surface area contributed by atoms with E-state index in [9.17, 15) is 14.4 Å². The Hall–Kier alpha value is -3.46. The summed E-state index contributed by atoms with van der Waals surface area (Å²) in [6.45, 7) is 4.51. The second-order valence-corrected chi connectivity index (χ2v) is 8.13. The average molecular weight is 455 g/mol. The van der Waals surface area contributed by atoms with Crippen LogP contribution in [0.4, 0.5) is 0 Å². The molecule has 1 saturated heterocycles. The molecule has 9 heteroatoms. The van der Waals surface area contributed by atoms with Gasteiger partial charge in [0.25, 0.3) is 5.91 Å². The lowest BCUT2D eigenvalue weighted by atomic mass is 10.1. The van der Waals surface area contributed by atoms with Crippen LogP contribution < -0.4 is 20.9 Å². The summed E-state index contributed by atoms with van der Waals surface area (Å²) < 4.78 is 5.65. The molecule has 0 saturated carbocycles. The lowest BCUT2D eigenvalue weighted by Crippen LogP contribution is -2.50. The molecule has 1 heterocycles. The molecule has 0 spiro atoms. The van der Waals surface area contributed by atoms with Gasteiger partial charge in [0.2, 0.25) is 11.8 Å². The van der Waals surface area contributed by atoms with Gasteiger partial charge in [-0.25, -0.2) is 0 Å². The minimum atomic E-state index is -0.502. The molecule has 2 aromatic carbocycles. The third-order valence-corrected chi connectivity index (χ3v) is 5.03. The van der Waals surface area contributed by atoms with Crippen molar-refractivity contribution in [1.29, 1.82) is 0 Å². The first kappa shape index (κ1) is 23.2. The first-order valence-electron chi connectivity index (χ1n) is 10.3. The summed E-state index contributed by atoms with van der Waals surface area (Å²) in [6.07, 6.45) is 0.0308. The fourth-order valence-electron chi connectivity index (χ4n) is 3.34. The van der Waals surface area contributed by atoms with Crippen LogP contribution in [0, 0.1) is 5.92 Å². The highest BCUT2D eigenvalue weighted by Gasteiger charge is 2.34. The zero-order chi connectivity index (χ0) is 23.1. The molecule has 1 aliphatic rings. The van der Waals surface area contributed by atoms with Crippen LogP contribution in [0.15, 0.2) is 54.6 Å². The Kier molecular flexibility index (Phi) is 7.77. The maximum Gasteiger partial charge on any atom is 0.261 e. The SMILES string of the molecule is CC(C)Oc1ccccc1C(=O)NC(=S)NNC(=O)C1CC(=O)N(Cc2ccccc2)C1. The molecule has 0 bridgehead atoms. The number of carbonyl (C=O) groups is 3. The summed E-state index contributed by atoms with van der Waals surface area (Å²) in [5, 5.41) is 2.45. The maximum atomic E-state index is 12.5. The third-order valence-electron chi connectivity index (χ3n) is 4.82. The quantitative estimate of drug-likeness (QED) is 0.457. The number of thiocarbonyl (C=S) groups is 1. The van der Waals surface area contributed by atoms with Crippen molar-refractivity contribution in [1.82, 2.24) is 21.1 Å². The molecule has 1 aliphatic heterocycles. The maximum absolute atomic E-state index is 12.5. The minimum absolute atomic E-state index is 0.0619. The van der Waals surface area contributed by atoms with Gasteiger partial charge in [-0.05, 0) is 43.8 Å². The van der Waals surface area contributed by atoms with Gasteiger partial charge in [0.15, 0.2) is 5.11 Å². The van der Waals surface area contributed by atoms with Gasteiger partial charge in [-0.3, -0.25) is 30.6 Å². The second kappa shape index (κ2) is 10.7. The second-order valence-electron chi connectivity index (χ2n) is 7.72. The molecule has 8 nitrogen and oxygen atoms in total. The number of nitrogens with one attached hydrogen (secondary N) is 3. The van der Waals surface area contributed by atoms with Gasteiger partial charge in [0.1, 0.15) is 5.75 Å². The number of hydrogen-bond acceptors (Lipinski definition) is 5. The predicted octanol–water partition coefficient (Wildman–Crippen LogP) is 2.16. The van der Waals surface area contributed by atoms with Crippen LogP contribution in [-0.2, 0) is 16.1 Å². The van der Waals surface area contributed by atoms with Crippen LogP contribution in [0.3, 0.4) is 0 Å². The van der Waals surface area contributed by atoms with Crippen LogP contribution in [0.2, 0.25) is 0 Å². The number of ether oxygens (including phenoxy) is 1. The summed E-state index contributed by atoms with van der Waals surface area (Å²) in [5.74, 6) is -0.967. The van der Waals surface area contributed by atoms with E-state index in [0.717, 1.165) is 5.56 Å². The van der Waals surface area contributed by atoms with E-state index in [4.69, 9.17) is 17.0 Å². The zero-order valence-corrected chi connectivity index (χ0v) is 18.8. The van der Waals surface area contributed by atoms with Gasteiger partial charge in [-0.2, -0.15) is 0 Å². The Morgan fingerprint density at radius 3 is 2.50 bits per heavy atom. The predicted molar refractivity (Wildman–Crippen MR) is 124 cm³/mol. The molecule has 0 radical (unpaired) electrons. The number of nitrogens with zero attached hydrogens (tertiary/aromatic N) is 1. The first-order valence-corrected chi connectivity index (χ1v) is 10.7. The number of likely N-dealkylation sites (tertiary alicyclic amines) is 1. The van der Waals surface area contributed by atoms with Crippen molar-refractivity contribution in [3.8, 4) is 5.75 Å². The van der Waals surface area contributed by atoms with E-state index in [-0.39, 0.29) is 29.5 Å². The summed E-state index contributed by atoms with van der Waals surface area (Å²) in [4.78, 5) is 38.9. The van der Waals surface area contributed by atoms with Gasteiger partial charge < -0.3 is 9.64 Å². The van der Waals surface area contributed by atoms with Gasteiger partial charge in [-0.1, -0.05) is 42.5 Å². The van der Waals surface area contributed by atoms with Gasteiger partial charge in [-0.15, -0.1) is 0 Å². The van der Waals surface area contributed by atoms with Crippen LogP contribution >= 0.6 is 12.2 Å². The van der Waals surface area contributed by atoms with Gasteiger partial charge in [0, 0.05) is 19.5 Å². The molecule has 1 atom stereocenters. The van der Waals surface area contributed by atoms with E-state index in [2.05, 4.69) is 16.2 Å². The van der Waals surface area contributed by atoms with E-state index < -0.39 is 11.8 Å². The monoisotopic (exact) mass is 454 g/mol. The zero-order valence-electron chi connectivity index (χ0n) is 18.0. The Balaban J connectivity index is 1.48. The number of hydrazine groups is 1. The van der Waals surface area contributed by atoms with E-state index in [1.54, 1.807) is 29.2 Å². The third kappa shape index (κ3) is 6.27. The normalized spacial score (nSPS) is 15.4. The Labute approximate surface area is 192 Å². The van der Waals surface area contributed by atoms with Crippen molar-refractivity contribution in [3.05, 3.63) is 65.7 Å². The molecule has 3 rings (SSSR count). The molecular formula is C23H26N4O4S. The molecule has 1 fully saturated rings. The topological polar surface area (TPSA) is 99.8 Å². The minimum Gasteiger partial charge on any atom is -0.490 e.